The van der Waals surface area contributed by atoms with Crippen molar-refractivity contribution in [3.05, 3.63) is 72.3 Å². The van der Waals surface area contributed by atoms with E-state index in [1.54, 1.807) is 0 Å². The Kier molecular flexibility index (Phi) is 5.45. The molecule has 4 rings (SSSR count). The van der Waals surface area contributed by atoms with E-state index in [1.165, 1.54) is 43.4 Å². The molecule has 0 radical (unpaired) electrons. The second-order valence-corrected chi connectivity index (χ2v) is 7.15. The largest absolute Gasteiger partial charge is 0.296 e. The summed E-state index contributed by atoms with van der Waals surface area (Å²) in [5.41, 5.74) is 2.79. The van der Waals surface area contributed by atoms with Gasteiger partial charge < -0.3 is 0 Å². The second-order valence-electron chi connectivity index (χ2n) is 7.15. The van der Waals surface area contributed by atoms with E-state index in [2.05, 4.69) is 50.2 Å². The van der Waals surface area contributed by atoms with Gasteiger partial charge in [-0.2, -0.15) is 10.2 Å². The summed E-state index contributed by atoms with van der Waals surface area (Å²) in [7, 11) is 0. The molecule has 1 atom stereocenters. The lowest BCUT2D eigenvalue weighted by Crippen LogP contribution is -2.39. The van der Waals surface area contributed by atoms with E-state index in [0.29, 0.717) is 6.04 Å². The molecular weight excluding hydrogens is 322 g/mol. The van der Waals surface area contributed by atoms with Gasteiger partial charge in [0, 0.05) is 43.9 Å². The number of hydrogen-bond acceptors (Lipinski definition) is 3. The molecule has 0 amide bonds. The number of hydrogen-bond donors (Lipinski definition) is 0. The van der Waals surface area contributed by atoms with Crippen molar-refractivity contribution in [1.29, 1.82) is 0 Å². The Morgan fingerprint density at radius 2 is 1.58 bits per heavy atom. The molecule has 0 unspecified atom stereocenters. The third kappa shape index (κ3) is 4.22. The van der Waals surface area contributed by atoms with Crippen LogP contribution in [0.4, 0.5) is 0 Å². The molecule has 5 heteroatoms. The van der Waals surface area contributed by atoms with Crippen LogP contribution < -0.4 is 0 Å². The Hall–Kier alpha value is -2.40. The molecule has 1 aliphatic rings. The van der Waals surface area contributed by atoms with Crippen molar-refractivity contribution in [2.24, 2.45) is 0 Å². The summed E-state index contributed by atoms with van der Waals surface area (Å²) >= 11 is 0. The highest BCUT2D eigenvalue weighted by Crippen LogP contribution is 2.24. The van der Waals surface area contributed by atoms with Crippen LogP contribution in [0.5, 0.6) is 0 Å². The van der Waals surface area contributed by atoms with E-state index in [-0.39, 0.29) is 0 Å². The summed E-state index contributed by atoms with van der Waals surface area (Å²) in [6.45, 7) is 4.07. The Labute approximate surface area is 155 Å². The molecule has 3 heterocycles. The maximum absolute atomic E-state index is 4.37. The molecule has 2 aromatic heterocycles. The minimum absolute atomic E-state index is 0.644. The predicted molar refractivity (Wildman–Crippen MR) is 103 cm³/mol. The highest BCUT2D eigenvalue weighted by atomic mass is 15.3. The van der Waals surface area contributed by atoms with Crippen molar-refractivity contribution < 1.29 is 0 Å². The number of aryl methyl sites for hydroxylation is 1. The summed E-state index contributed by atoms with van der Waals surface area (Å²) < 4.78 is 4.06. The van der Waals surface area contributed by atoms with Gasteiger partial charge in [0.15, 0.2) is 0 Å². The Morgan fingerprint density at radius 3 is 2.31 bits per heavy atom. The first-order valence-corrected chi connectivity index (χ1v) is 9.64. The summed E-state index contributed by atoms with van der Waals surface area (Å²) in [6.07, 6.45) is 12.9. The van der Waals surface area contributed by atoms with Crippen LogP contribution in [0.15, 0.2) is 61.2 Å². The smallest absolute Gasteiger partial charge is 0.0662 e. The molecular formula is C21H27N5. The lowest BCUT2D eigenvalue weighted by atomic mass is 9.97. The van der Waals surface area contributed by atoms with Crippen LogP contribution in [0, 0.1) is 0 Å². The van der Waals surface area contributed by atoms with Gasteiger partial charge >= 0.3 is 0 Å². The second kappa shape index (κ2) is 8.32. The number of nitrogens with zero attached hydrogens (tertiary/aromatic N) is 5. The summed E-state index contributed by atoms with van der Waals surface area (Å²) in [4.78, 5) is 2.68. The van der Waals surface area contributed by atoms with Crippen LogP contribution in [0.3, 0.4) is 0 Å². The number of aromatic nitrogens is 4. The maximum atomic E-state index is 4.37. The first-order valence-electron chi connectivity index (χ1n) is 9.64. The van der Waals surface area contributed by atoms with Crippen LogP contribution in [-0.4, -0.2) is 37.0 Å². The van der Waals surface area contributed by atoms with Crippen LogP contribution in [0.1, 0.15) is 36.8 Å². The van der Waals surface area contributed by atoms with Crippen LogP contribution in [-0.2, 0) is 19.6 Å². The molecule has 3 aromatic rings. The fraction of sp³-hybridized carbons (Fsp3) is 0.429. The molecule has 5 nitrogen and oxygen atoms in total. The molecule has 0 N–H and O–H groups in total. The van der Waals surface area contributed by atoms with Gasteiger partial charge in [-0.25, -0.2) is 0 Å². The molecule has 0 aliphatic carbocycles. The van der Waals surface area contributed by atoms with E-state index < -0.39 is 0 Å². The van der Waals surface area contributed by atoms with Gasteiger partial charge in [-0.15, -0.1) is 0 Å². The zero-order valence-corrected chi connectivity index (χ0v) is 15.2. The fourth-order valence-electron chi connectivity index (χ4n) is 3.96. The molecule has 0 saturated carbocycles. The molecule has 1 aliphatic heterocycles. The normalized spacial score (nSPS) is 18.2. The van der Waals surface area contributed by atoms with Crippen molar-refractivity contribution in [1.82, 2.24) is 24.5 Å². The predicted octanol–water partition coefficient (Wildman–Crippen LogP) is 3.57. The molecule has 0 spiro atoms. The number of likely N-dealkylation sites (tertiary alicyclic amines) is 1. The first-order chi connectivity index (χ1) is 12.9. The molecule has 136 valence electrons. The Balaban J connectivity index is 1.44. The topological polar surface area (TPSA) is 38.9 Å². The van der Waals surface area contributed by atoms with Crippen molar-refractivity contribution in [3.63, 3.8) is 0 Å². The standard InChI is InChI=1S/C21H27N5/c1-2-8-20(18-26-15-6-12-23-26)19(7-1)17-24-13-4-3-9-21(24)10-16-25-14-5-11-22-25/h1-2,5-8,11-12,14-15,21H,3-4,9-10,13,16-18H2/t21-/m0/s1. The van der Waals surface area contributed by atoms with E-state index in [9.17, 15) is 0 Å². The lowest BCUT2D eigenvalue weighted by molar-refractivity contribution is 0.127. The maximum Gasteiger partial charge on any atom is 0.0662 e. The first kappa shape index (κ1) is 17.0. The van der Waals surface area contributed by atoms with E-state index >= 15 is 0 Å². The minimum atomic E-state index is 0.644. The monoisotopic (exact) mass is 349 g/mol. The Morgan fingerprint density at radius 1 is 0.846 bits per heavy atom. The third-order valence-corrected chi connectivity index (χ3v) is 5.38. The van der Waals surface area contributed by atoms with E-state index in [1.807, 2.05) is 35.4 Å². The van der Waals surface area contributed by atoms with Crippen molar-refractivity contribution >= 4 is 0 Å². The Bertz CT molecular complexity index is 779. The van der Waals surface area contributed by atoms with E-state index in [0.717, 1.165) is 19.6 Å². The van der Waals surface area contributed by atoms with Crippen molar-refractivity contribution in [3.8, 4) is 0 Å². The van der Waals surface area contributed by atoms with Crippen LogP contribution in [0.2, 0.25) is 0 Å². The molecule has 1 fully saturated rings. The van der Waals surface area contributed by atoms with Crippen molar-refractivity contribution in [2.75, 3.05) is 6.54 Å². The number of benzene rings is 1. The van der Waals surface area contributed by atoms with Crippen LogP contribution in [0.25, 0.3) is 0 Å². The SMILES string of the molecule is c1ccc(Cn2cccn2)c(CN2CCCC[C@H]2CCn2cccn2)c1. The fourth-order valence-corrected chi connectivity index (χ4v) is 3.96. The van der Waals surface area contributed by atoms with Gasteiger partial charge in [-0.3, -0.25) is 14.3 Å². The lowest BCUT2D eigenvalue weighted by Gasteiger charge is -2.36. The minimum Gasteiger partial charge on any atom is -0.296 e. The third-order valence-electron chi connectivity index (χ3n) is 5.38. The van der Waals surface area contributed by atoms with Crippen LogP contribution >= 0.6 is 0 Å². The van der Waals surface area contributed by atoms with Gasteiger partial charge in [-0.05, 0) is 49.1 Å². The quantitative estimate of drug-likeness (QED) is 0.654. The van der Waals surface area contributed by atoms with Gasteiger partial charge in [0.05, 0.1) is 6.54 Å². The summed E-state index contributed by atoms with van der Waals surface area (Å²) in [5.74, 6) is 0. The average molecular weight is 349 g/mol. The molecule has 1 aromatic carbocycles. The number of rotatable bonds is 7. The van der Waals surface area contributed by atoms with Gasteiger partial charge in [0.1, 0.15) is 0 Å². The van der Waals surface area contributed by atoms with Gasteiger partial charge in [-0.1, -0.05) is 30.7 Å². The van der Waals surface area contributed by atoms with Gasteiger partial charge in [0.2, 0.25) is 0 Å². The summed E-state index contributed by atoms with van der Waals surface area (Å²) in [5, 5.41) is 8.72. The zero-order chi connectivity index (χ0) is 17.6. The number of piperidine rings is 1. The zero-order valence-electron chi connectivity index (χ0n) is 15.2. The van der Waals surface area contributed by atoms with Gasteiger partial charge in [0.25, 0.3) is 0 Å². The van der Waals surface area contributed by atoms with E-state index in [4.69, 9.17) is 0 Å². The molecule has 0 bridgehead atoms. The highest BCUT2D eigenvalue weighted by molar-refractivity contribution is 5.27. The summed E-state index contributed by atoms with van der Waals surface area (Å²) in [6, 6.07) is 13.4. The molecule has 1 saturated heterocycles. The van der Waals surface area contributed by atoms with Crippen molar-refractivity contribution in [2.45, 2.75) is 51.4 Å². The average Bonchev–Trinajstić information content (AvgIpc) is 3.36. The highest BCUT2D eigenvalue weighted by Gasteiger charge is 2.23. The molecule has 26 heavy (non-hydrogen) atoms.